The second-order valence-corrected chi connectivity index (χ2v) is 5.40. The molecule has 106 valence electrons. The third-order valence-corrected chi connectivity index (χ3v) is 3.60. The summed E-state index contributed by atoms with van der Waals surface area (Å²) in [4.78, 5) is 12.0. The summed E-state index contributed by atoms with van der Waals surface area (Å²) in [7, 11) is 0. The van der Waals surface area contributed by atoms with Crippen molar-refractivity contribution >= 4 is 5.97 Å². The molecule has 0 heterocycles. The van der Waals surface area contributed by atoms with Crippen molar-refractivity contribution in [3.8, 4) is 0 Å². The molecule has 18 heavy (non-hydrogen) atoms. The van der Waals surface area contributed by atoms with Crippen LogP contribution in [0.25, 0.3) is 0 Å². The predicted molar refractivity (Wildman–Crippen MR) is 77.3 cm³/mol. The first-order chi connectivity index (χ1) is 8.60. The lowest BCUT2D eigenvalue weighted by atomic mass is 9.80. The Morgan fingerprint density at radius 1 is 1.06 bits per heavy atom. The summed E-state index contributed by atoms with van der Waals surface area (Å²) in [6.45, 7) is 9.90. The van der Waals surface area contributed by atoms with Crippen LogP contribution < -0.4 is 0 Å². The van der Waals surface area contributed by atoms with Gasteiger partial charge in [0.05, 0.1) is 11.7 Å². The van der Waals surface area contributed by atoms with Gasteiger partial charge in [-0.25, -0.2) is 0 Å². The number of ether oxygens (including phenoxy) is 1. The lowest BCUT2D eigenvalue weighted by molar-refractivity contribution is -0.150. The van der Waals surface area contributed by atoms with Crippen LogP contribution in [-0.4, -0.2) is 5.97 Å². The Labute approximate surface area is 113 Å². The van der Waals surface area contributed by atoms with Crippen LogP contribution in [0.5, 0.6) is 0 Å². The van der Waals surface area contributed by atoms with E-state index >= 15 is 0 Å². The molecule has 0 rings (SSSR count). The van der Waals surface area contributed by atoms with Crippen molar-refractivity contribution in [3.63, 3.8) is 0 Å². The highest BCUT2D eigenvalue weighted by atomic mass is 16.5. The average Bonchev–Trinajstić information content (AvgIpc) is 2.35. The molecule has 0 aromatic heterocycles. The second kappa shape index (κ2) is 10.2. The first kappa shape index (κ1) is 17.2. The highest BCUT2D eigenvalue weighted by Gasteiger charge is 2.33. The van der Waals surface area contributed by atoms with Crippen molar-refractivity contribution in [2.75, 3.05) is 0 Å². The van der Waals surface area contributed by atoms with Crippen LogP contribution in [0.15, 0.2) is 12.8 Å². The van der Waals surface area contributed by atoms with Crippen LogP contribution >= 0.6 is 0 Å². The van der Waals surface area contributed by atoms with Crippen molar-refractivity contribution in [1.29, 1.82) is 0 Å². The number of rotatable bonds is 11. The molecular weight excluding hydrogens is 224 g/mol. The Kier molecular flexibility index (Phi) is 9.72. The van der Waals surface area contributed by atoms with Gasteiger partial charge in [-0.3, -0.25) is 4.79 Å². The lowest BCUT2D eigenvalue weighted by Crippen LogP contribution is -2.29. The molecule has 0 fully saturated rings. The van der Waals surface area contributed by atoms with Gasteiger partial charge in [0.1, 0.15) is 0 Å². The Bertz CT molecular complexity index is 235. The van der Waals surface area contributed by atoms with Gasteiger partial charge in [-0.15, -0.1) is 0 Å². The number of esters is 1. The number of hydrogen-bond acceptors (Lipinski definition) is 2. The molecule has 1 atom stereocenters. The topological polar surface area (TPSA) is 26.3 Å². The summed E-state index contributed by atoms with van der Waals surface area (Å²) < 4.78 is 5.02. The maximum Gasteiger partial charge on any atom is 0.316 e. The fourth-order valence-electron chi connectivity index (χ4n) is 2.25. The van der Waals surface area contributed by atoms with Crippen molar-refractivity contribution in [1.82, 2.24) is 0 Å². The molecule has 2 nitrogen and oxygen atoms in total. The van der Waals surface area contributed by atoms with E-state index in [4.69, 9.17) is 4.74 Å². The van der Waals surface area contributed by atoms with Crippen LogP contribution in [0.4, 0.5) is 0 Å². The fraction of sp³-hybridized carbons (Fsp3) is 0.812. The highest BCUT2D eigenvalue weighted by Crippen LogP contribution is 2.32. The zero-order chi connectivity index (χ0) is 13.9. The first-order valence-electron chi connectivity index (χ1n) is 7.42. The van der Waals surface area contributed by atoms with E-state index in [1.54, 1.807) is 0 Å². The van der Waals surface area contributed by atoms with E-state index in [1.807, 2.05) is 6.92 Å². The quantitative estimate of drug-likeness (QED) is 0.287. The van der Waals surface area contributed by atoms with E-state index in [9.17, 15) is 4.79 Å². The first-order valence-corrected chi connectivity index (χ1v) is 7.42. The minimum absolute atomic E-state index is 0.106. The van der Waals surface area contributed by atoms with Gasteiger partial charge in [0, 0.05) is 0 Å². The predicted octanol–water partition coefficient (Wildman–Crippen LogP) is 5.23. The highest BCUT2D eigenvalue weighted by molar-refractivity contribution is 5.76. The molecule has 0 amide bonds. The number of hydrogen-bond donors (Lipinski definition) is 0. The molecule has 0 spiro atoms. The normalized spacial score (nSPS) is 13.9. The van der Waals surface area contributed by atoms with E-state index in [0.29, 0.717) is 0 Å². The van der Waals surface area contributed by atoms with Crippen molar-refractivity contribution in [3.05, 3.63) is 12.8 Å². The van der Waals surface area contributed by atoms with E-state index in [-0.39, 0.29) is 11.4 Å². The molecule has 0 saturated carbocycles. The van der Waals surface area contributed by atoms with Crippen LogP contribution in [-0.2, 0) is 9.53 Å². The number of carbonyl (C=O) groups excluding carboxylic acids is 1. The van der Waals surface area contributed by atoms with Crippen LogP contribution in [0.2, 0.25) is 0 Å². The minimum Gasteiger partial charge on any atom is -0.435 e. The molecule has 0 aliphatic heterocycles. The van der Waals surface area contributed by atoms with Crippen molar-refractivity contribution in [2.45, 2.75) is 78.6 Å². The SMILES string of the molecule is C=COC(=O)C(C)(CCCCC)CCCCCC. The van der Waals surface area contributed by atoms with Gasteiger partial charge < -0.3 is 4.74 Å². The van der Waals surface area contributed by atoms with Crippen LogP contribution in [0.1, 0.15) is 78.6 Å². The Balaban J connectivity index is 4.28. The van der Waals surface area contributed by atoms with Gasteiger partial charge in [0.25, 0.3) is 0 Å². The third-order valence-electron chi connectivity index (χ3n) is 3.60. The van der Waals surface area contributed by atoms with E-state index in [2.05, 4.69) is 20.4 Å². The smallest absolute Gasteiger partial charge is 0.316 e. The Hall–Kier alpha value is -0.790. The maximum atomic E-state index is 12.0. The largest absolute Gasteiger partial charge is 0.435 e. The summed E-state index contributed by atoms with van der Waals surface area (Å²) in [5.41, 5.74) is -0.322. The summed E-state index contributed by atoms with van der Waals surface area (Å²) in [5.74, 6) is -0.106. The van der Waals surface area contributed by atoms with E-state index < -0.39 is 0 Å². The molecule has 0 N–H and O–H groups in total. The fourth-order valence-corrected chi connectivity index (χ4v) is 2.25. The summed E-state index contributed by atoms with van der Waals surface area (Å²) in [5, 5.41) is 0. The van der Waals surface area contributed by atoms with Crippen molar-refractivity contribution in [2.24, 2.45) is 5.41 Å². The molecule has 1 unspecified atom stereocenters. The Morgan fingerprint density at radius 3 is 2.06 bits per heavy atom. The molecule has 0 radical (unpaired) electrons. The molecule has 0 bridgehead atoms. The van der Waals surface area contributed by atoms with E-state index in [1.165, 1.54) is 38.4 Å². The molecule has 0 aromatic carbocycles. The van der Waals surface area contributed by atoms with Crippen molar-refractivity contribution < 1.29 is 9.53 Å². The molecule has 2 heteroatoms. The Morgan fingerprint density at radius 2 is 1.56 bits per heavy atom. The second-order valence-electron chi connectivity index (χ2n) is 5.40. The molecule has 0 saturated heterocycles. The molecule has 0 aliphatic rings. The van der Waals surface area contributed by atoms with Gasteiger partial charge >= 0.3 is 5.97 Å². The molecule has 0 aliphatic carbocycles. The third kappa shape index (κ3) is 6.83. The van der Waals surface area contributed by atoms with Gasteiger partial charge in [0.15, 0.2) is 0 Å². The van der Waals surface area contributed by atoms with Crippen LogP contribution in [0, 0.1) is 5.41 Å². The summed E-state index contributed by atoms with van der Waals surface area (Å²) >= 11 is 0. The lowest BCUT2D eigenvalue weighted by Gasteiger charge is -2.26. The summed E-state index contributed by atoms with van der Waals surface area (Å²) in [6.07, 6.45) is 11.4. The number of carbonyl (C=O) groups is 1. The monoisotopic (exact) mass is 254 g/mol. The van der Waals surface area contributed by atoms with Crippen LogP contribution in [0.3, 0.4) is 0 Å². The summed E-state index contributed by atoms with van der Waals surface area (Å²) in [6, 6.07) is 0. The van der Waals surface area contributed by atoms with Gasteiger partial charge in [-0.05, 0) is 19.8 Å². The van der Waals surface area contributed by atoms with E-state index in [0.717, 1.165) is 25.7 Å². The zero-order valence-corrected chi connectivity index (χ0v) is 12.5. The average molecular weight is 254 g/mol. The molecular formula is C16H30O2. The van der Waals surface area contributed by atoms with Gasteiger partial charge in [-0.1, -0.05) is 65.4 Å². The van der Waals surface area contributed by atoms with Gasteiger partial charge in [-0.2, -0.15) is 0 Å². The zero-order valence-electron chi connectivity index (χ0n) is 12.5. The number of unbranched alkanes of at least 4 members (excludes halogenated alkanes) is 5. The molecule has 0 aromatic rings. The minimum atomic E-state index is -0.322. The standard InChI is InChI=1S/C16H30O2/c1-5-8-10-12-14-16(4,13-11-9-6-2)15(17)18-7-3/h7H,3,5-6,8-14H2,1-2,4H3. The maximum absolute atomic E-state index is 12.0. The van der Waals surface area contributed by atoms with Gasteiger partial charge in [0.2, 0.25) is 0 Å².